The summed E-state index contributed by atoms with van der Waals surface area (Å²) >= 11 is 0. The maximum absolute atomic E-state index is 11.0. The molecule has 0 unspecified atom stereocenters. The molecule has 0 aliphatic carbocycles. The molecular formula is C15H20O8. The van der Waals surface area contributed by atoms with Crippen LogP contribution in [0.3, 0.4) is 0 Å². The molecule has 2 rings (SSSR count). The van der Waals surface area contributed by atoms with E-state index in [0.717, 1.165) is 0 Å². The number of ether oxygens (including phenoxy) is 2. The van der Waals surface area contributed by atoms with E-state index in [2.05, 4.69) is 0 Å². The Labute approximate surface area is 132 Å². The van der Waals surface area contributed by atoms with Crippen molar-refractivity contribution < 1.29 is 39.8 Å². The van der Waals surface area contributed by atoms with Gasteiger partial charge in [-0.05, 0) is 17.7 Å². The third kappa shape index (κ3) is 3.62. The Morgan fingerprint density at radius 3 is 2.39 bits per heavy atom. The van der Waals surface area contributed by atoms with Crippen molar-refractivity contribution in [1.82, 2.24) is 0 Å². The van der Waals surface area contributed by atoms with Gasteiger partial charge in [-0.1, -0.05) is 6.07 Å². The molecule has 0 radical (unpaired) electrons. The fourth-order valence-electron chi connectivity index (χ4n) is 2.61. The first-order valence-corrected chi connectivity index (χ1v) is 7.09. The van der Waals surface area contributed by atoms with Gasteiger partial charge in [-0.2, -0.15) is 0 Å². The Hall–Kier alpha value is -1.71. The molecule has 0 spiro atoms. The number of aromatic carboxylic acids is 1. The highest BCUT2D eigenvalue weighted by Crippen LogP contribution is 2.28. The Morgan fingerprint density at radius 2 is 1.83 bits per heavy atom. The number of carboxylic acids is 1. The van der Waals surface area contributed by atoms with Crippen molar-refractivity contribution in [2.45, 2.75) is 36.9 Å². The van der Waals surface area contributed by atoms with Crippen LogP contribution in [0.5, 0.6) is 5.75 Å². The van der Waals surface area contributed by atoms with Crippen molar-refractivity contribution in [2.24, 2.45) is 0 Å². The zero-order valence-corrected chi connectivity index (χ0v) is 12.5. The molecule has 0 aromatic heterocycles. The van der Waals surface area contributed by atoms with Crippen LogP contribution in [0.15, 0.2) is 18.2 Å². The van der Waals surface area contributed by atoms with Gasteiger partial charge in [0.2, 0.25) is 0 Å². The number of carboxylic acid groups (broad SMARTS) is 1. The predicted octanol–water partition coefficient (Wildman–Crippen LogP) is -1.22. The van der Waals surface area contributed by atoms with Crippen LogP contribution in [-0.2, 0) is 11.2 Å². The van der Waals surface area contributed by atoms with Crippen molar-refractivity contribution in [1.29, 1.82) is 0 Å². The number of aliphatic hydroxyl groups is 4. The number of hydrogen-bond acceptors (Lipinski definition) is 7. The maximum Gasteiger partial charge on any atom is 0.335 e. The van der Waals surface area contributed by atoms with Crippen LogP contribution >= 0.6 is 0 Å². The van der Waals surface area contributed by atoms with Gasteiger partial charge in [0, 0.05) is 6.42 Å². The zero-order chi connectivity index (χ0) is 17.1. The lowest BCUT2D eigenvalue weighted by atomic mass is 9.91. The summed E-state index contributed by atoms with van der Waals surface area (Å²) < 4.78 is 10.6. The highest BCUT2D eigenvalue weighted by atomic mass is 16.5. The molecule has 0 amide bonds. The highest BCUT2D eigenvalue weighted by molar-refractivity contribution is 5.88. The summed E-state index contributed by atoms with van der Waals surface area (Å²) in [5.74, 6) is -0.787. The average molecular weight is 328 g/mol. The van der Waals surface area contributed by atoms with Gasteiger partial charge < -0.3 is 35.0 Å². The van der Waals surface area contributed by atoms with E-state index in [9.17, 15) is 25.2 Å². The molecule has 128 valence electrons. The van der Waals surface area contributed by atoms with Crippen LogP contribution in [-0.4, -0.2) is 75.7 Å². The first-order chi connectivity index (χ1) is 10.9. The smallest absolute Gasteiger partial charge is 0.335 e. The molecule has 8 nitrogen and oxygen atoms in total. The van der Waals surface area contributed by atoms with Crippen LogP contribution in [0.1, 0.15) is 15.9 Å². The van der Waals surface area contributed by atoms with Crippen molar-refractivity contribution in [3.8, 4) is 5.75 Å². The second kappa shape index (κ2) is 7.24. The largest absolute Gasteiger partial charge is 0.496 e. The minimum absolute atomic E-state index is 0.0550. The van der Waals surface area contributed by atoms with Gasteiger partial charge in [0.1, 0.15) is 30.2 Å². The molecule has 1 saturated heterocycles. The Kier molecular flexibility index (Phi) is 5.55. The SMILES string of the molecule is COc1cc(C(=O)O)ccc1C[C@@H]1O[C@H](CO)[C@@H](O)[C@H](O)[C@H]1O. The summed E-state index contributed by atoms with van der Waals surface area (Å²) in [7, 11) is 1.39. The minimum atomic E-state index is -1.45. The van der Waals surface area contributed by atoms with E-state index in [-0.39, 0.29) is 12.0 Å². The summed E-state index contributed by atoms with van der Waals surface area (Å²) in [4.78, 5) is 11.0. The average Bonchev–Trinajstić information content (AvgIpc) is 2.55. The molecule has 1 heterocycles. The number of hydrogen-bond donors (Lipinski definition) is 5. The number of benzene rings is 1. The molecule has 5 atom stereocenters. The van der Waals surface area contributed by atoms with Crippen molar-refractivity contribution in [2.75, 3.05) is 13.7 Å². The lowest BCUT2D eigenvalue weighted by Gasteiger charge is -2.40. The summed E-state index contributed by atoms with van der Waals surface area (Å²) in [6.45, 7) is -0.503. The lowest BCUT2D eigenvalue weighted by molar-refractivity contribution is -0.228. The molecule has 0 saturated carbocycles. The molecule has 0 bridgehead atoms. The standard InChI is InChI=1S/C15H20O8/c1-22-9-5-8(15(20)21)3-2-7(9)4-10-12(17)14(19)13(18)11(6-16)23-10/h2-3,5,10-14,16-19H,4,6H2,1H3,(H,20,21)/t10-,11+,12-,13+,14+/m0/s1. The predicted molar refractivity (Wildman–Crippen MR) is 77.4 cm³/mol. The number of aliphatic hydroxyl groups excluding tert-OH is 4. The first-order valence-electron chi connectivity index (χ1n) is 7.09. The van der Waals surface area contributed by atoms with Crippen LogP contribution in [0.2, 0.25) is 0 Å². The van der Waals surface area contributed by atoms with E-state index in [4.69, 9.17) is 14.6 Å². The molecule has 1 fully saturated rings. The highest BCUT2D eigenvalue weighted by Gasteiger charge is 2.43. The molecule has 5 N–H and O–H groups in total. The van der Waals surface area contributed by atoms with Crippen LogP contribution in [0.25, 0.3) is 0 Å². The lowest BCUT2D eigenvalue weighted by Crippen LogP contribution is -2.59. The number of methoxy groups -OCH3 is 1. The normalized spacial score (nSPS) is 30.9. The van der Waals surface area contributed by atoms with E-state index >= 15 is 0 Å². The Morgan fingerprint density at radius 1 is 1.17 bits per heavy atom. The number of carbonyl (C=O) groups is 1. The van der Waals surface area contributed by atoms with Crippen molar-refractivity contribution in [3.63, 3.8) is 0 Å². The van der Waals surface area contributed by atoms with Crippen LogP contribution in [0.4, 0.5) is 0 Å². The fraction of sp³-hybridized carbons (Fsp3) is 0.533. The first kappa shape index (κ1) is 17.6. The van der Waals surface area contributed by atoms with Crippen molar-refractivity contribution in [3.05, 3.63) is 29.3 Å². The monoisotopic (exact) mass is 328 g/mol. The van der Waals surface area contributed by atoms with E-state index in [1.807, 2.05) is 0 Å². The molecule has 1 aromatic rings. The topological polar surface area (TPSA) is 137 Å². The third-order valence-corrected chi connectivity index (χ3v) is 3.95. The summed E-state index contributed by atoms with van der Waals surface area (Å²) in [6.07, 6.45) is -5.96. The second-order valence-electron chi connectivity index (χ2n) is 5.40. The minimum Gasteiger partial charge on any atom is -0.496 e. The van der Waals surface area contributed by atoms with Gasteiger partial charge in [0.25, 0.3) is 0 Å². The van der Waals surface area contributed by atoms with Crippen molar-refractivity contribution >= 4 is 5.97 Å². The summed E-state index contributed by atoms with van der Waals surface area (Å²) in [5, 5.41) is 47.7. The van der Waals surface area contributed by atoms with Gasteiger partial charge >= 0.3 is 5.97 Å². The van der Waals surface area contributed by atoms with Crippen LogP contribution < -0.4 is 4.74 Å². The molecular weight excluding hydrogens is 308 g/mol. The van der Waals surface area contributed by atoms with Gasteiger partial charge in [-0.15, -0.1) is 0 Å². The van der Waals surface area contributed by atoms with Gasteiger partial charge in [-0.3, -0.25) is 0 Å². The second-order valence-corrected chi connectivity index (χ2v) is 5.40. The summed E-state index contributed by atoms with van der Waals surface area (Å²) in [6, 6.07) is 4.27. The van der Waals surface area contributed by atoms with E-state index in [0.29, 0.717) is 11.3 Å². The quantitative estimate of drug-likeness (QED) is 0.453. The van der Waals surface area contributed by atoms with Gasteiger partial charge in [0.15, 0.2) is 0 Å². The van der Waals surface area contributed by atoms with Crippen LogP contribution in [0, 0.1) is 0 Å². The maximum atomic E-state index is 11.0. The van der Waals surface area contributed by atoms with E-state index in [1.165, 1.54) is 25.3 Å². The molecule has 8 heteroatoms. The summed E-state index contributed by atoms with van der Waals surface area (Å²) in [5.41, 5.74) is 0.626. The van der Waals surface area contributed by atoms with E-state index in [1.54, 1.807) is 0 Å². The third-order valence-electron chi connectivity index (χ3n) is 3.95. The molecule has 1 aliphatic rings. The molecule has 1 aromatic carbocycles. The van der Waals surface area contributed by atoms with E-state index < -0.39 is 43.1 Å². The van der Waals surface area contributed by atoms with Gasteiger partial charge in [0.05, 0.1) is 25.4 Å². The Balaban J connectivity index is 2.22. The number of rotatable bonds is 5. The molecule has 23 heavy (non-hydrogen) atoms. The Bertz CT molecular complexity index is 558. The van der Waals surface area contributed by atoms with Gasteiger partial charge in [-0.25, -0.2) is 4.79 Å². The molecule has 1 aliphatic heterocycles. The zero-order valence-electron chi connectivity index (χ0n) is 12.5. The fourth-order valence-corrected chi connectivity index (χ4v) is 2.61.